The van der Waals surface area contributed by atoms with Gasteiger partial charge in [0.25, 0.3) is 0 Å². The maximum absolute atomic E-state index is 11.7. The number of carboxylic acids is 2. The van der Waals surface area contributed by atoms with Gasteiger partial charge < -0.3 is 15.5 Å². The highest BCUT2D eigenvalue weighted by Crippen LogP contribution is 2.25. The fraction of sp³-hybridized carbons (Fsp3) is 0.250. The van der Waals surface area contributed by atoms with E-state index in [2.05, 4.69) is 5.32 Å². The van der Waals surface area contributed by atoms with Gasteiger partial charge in [-0.15, -0.1) is 11.8 Å². The Morgan fingerprint density at radius 2 is 1.86 bits per heavy atom. The molecule has 0 spiro atoms. The molecule has 0 saturated carbocycles. The van der Waals surface area contributed by atoms with Gasteiger partial charge >= 0.3 is 11.9 Å². The first-order chi connectivity index (χ1) is 9.79. The monoisotopic (exact) mass is 351 g/mol. The van der Waals surface area contributed by atoms with Crippen molar-refractivity contribution in [1.29, 1.82) is 0 Å². The zero-order chi connectivity index (χ0) is 16.0. The van der Waals surface area contributed by atoms with Crippen molar-refractivity contribution in [2.75, 3.05) is 11.1 Å². The van der Waals surface area contributed by atoms with Crippen LogP contribution in [0.3, 0.4) is 0 Å². The average Bonchev–Trinajstić information content (AvgIpc) is 2.38. The summed E-state index contributed by atoms with van der Waals surface area (Å²) in [6.07, 6.45) is -0.556. The number of amides is 1. The third kappa shape index (κ3) is 6.24. The topological polar surface area (TPSA) is 104 Å². The number of carboxylic acid groups (broad SMARTS) is 2. The highest BCUT2D eigenvalue weighted by Gasteiger charge is 2.22. The van der Waals surface area contributed by atoms with E-state index in [0.717, 1.165) is 11.8 Å². The van der Waals surface area contributed by atoms with Gasteiger partial charge in [0.1, 0.15) is 5.25 Å². The molecule has 0 unspecified atom stereocenters. The number of benzene rings is 1. The molecular formula is C12H11Cl2NO5S. The fourth-order valence-electron chi connectivity index (χ4n) is 1.32. The Labute approximate surface area is 134 Å². The number of carbonyl (C=O) groups excluding carboxylic acids is 1. The lowest BCUT2D eigenvalue weighted by molar-refractivity contribution is -0.142. The van der Waals surface area contributed by atoms with Crippen molar-refractivity contribution in [2.45, 2.75) is 11.7 Å². The Morgan fingerprint density at radius 1 is 1.19 bits per heavy atom. The maximum Gasteiger partial charge on any atom is 0.317 e. The van der Waals surface area contributed by atoms with E-state index in [0.29, 0.717) is 10.7 Å². The van der Waals surface area contributed by atoms with Crippen molar-refractivity contribution in [3.63, 3.8) is 0 Å². The van der Waals surface area contributed by atoms with Crippen LogP contribution in [0.5, 0.6) is 0 Å². The van der Waals surface area contributed by atoms with Crippen LogP contribution in [0.2, 0.25) is 10.0 Å². The smallest absolute Gasteiger partial charge is 0.317 e. The zero-order valence-electron chi connectivity index (χ0n) is 10.5. The van der Waals surface area contributed by atoms with Crippen LogP contribution in [-0.2, 0) is 14.4 Å². The molecule has 3 N–H and O–H groups in total. The molecule has 6 nitrogen and oxygen atoms in total. The SMILES string of the molecule is O=C(O)C[C@H](SCC(=O)Nc1ccc(Cl)c(Cl)c1)C(=O)O. The van der Waals surface area contributed by atoms with Crippen molar-refractivity contribution < 1.29 is 24.6 Å². The molecule has 0 aliphatic carbocycles. The van der Waals surface area contributed by atoms with Crippen molar-refractivity contribution in [1.82, 2.24) is 0 Å². The highest BCUT2D eigenvalue weighted by atomic mass is 35.5. The number of hydrogen-bond donors (Lipinski definition) is 3. The summed E-state index contributed by atoms with van der Waals surface area (Å²) in [4.78, 5) is 33.0. The van der Waals surface area contributed by atoms with Crippen LogP contribution in [0.15, 0.2) is 18.2 Å². The molecule has 0 heterocycles. The lowest BCUT2D eigenvalue weighted by atomic mass is 10.3. The molecule has 1 atom stereocenters. The summed E-state index contributed by atoms with van der Waals surface area (Å²) in [6, 6.07) is 4.51. The first-order valence-electron chi connectivity index (χ1n) is 5.60. The second kappa shape index (κ2) is 8.11. The third-order valence-electron chi connectivity index (χ3n) is 2.25. The summed E-state index contributed by atoms with van der Waals surface area (Å²) in [5, 5.41) is 19.4. The number of hydrogen-bond acceptors (Lipinski definition) is 4. The first-order valence-corrected chi connectivity index (χ1v) is 7.41. The van der Waals surface area contributed by atoms with E-state index in [1.54, 1.807) is 6.07 Å². The summed E-state index contributed by atoms with van der Waals surface area (Å²) >= 11 is 12.3. The molecule has 1 aromatic rings. The lowest BCUT2D eigenvalue weighted by Gasteiger charge is -2.10. The van der Waals surface area contributed by atoms with Gasteiger partial charge in [-0.05, 0) is 18.2 Å². The van der Waals surface area contributed by atoms with Gasteiger partial charge in [-0.3, -0.25) is 14.4 Å². The minimum atomic E-state index is -1.27. The Balaban J connectivity index is 2.54. The number of anilines is 1. The van der Waals surface area contributed by atoms with Gasteiger partial charge in [-0.25, -0.2) is 0 Å². The molecule has 0 aromatic heterocycles. The zero-order valence-corrected chi connectivity index (χ0v) is 12.8. The molecule has 1 rings (SSSR count). The Hall–Kier alpha value is -1.44. The van der Waals surface area contributed by atoms with Crippen LogP contribution in [0.1, 0.15) is 6.42 Å². The van der Waals surface area contributed by atoms with Gasteiger partial charge in [0.15, 0.2) is 0 Å². The molecule has 0 aliphatic rings. The summed E-state index contributed by atoms with van der Waals surface area (Å²) in [6.45, 7) is 0. The van der Waals surface area contributed by atoms with E-state index < -0.39 is 29.5 Å². The van der Waals surface area contributed by atoms with Crippen LogP contribution in [0.25, 0.3) is 0 Å². The van der Waals surface area contributed by atoms with Crippen molar-refractivity contribution in [2.24, 2.45) is 0 Å². The number of thioether (sulfide) groups is 1. The Kier molecular flexibility index (Phi) is 6.80. The van der Waals surface area contributed by atoms with Gasteiger partial charge in [0, 0.05) is 5.69 Å². The summed E-state index contributed by atoms with van der Waals surface area (Å²) in [5.74, 6) is -3.16. The minimum Gasteiger partial charge on any atom is -0.481 e. The number of carbonyl (C=O) groups is 3. The standard InChI is InChI=1S/C12H11Cl2NO5S/c13-7-2-1-6(3-8(7)14)15-10(16)5-21-9(12(19)20)4-11(17)18/h1-3,9H,4-5H2,(H,15,16)(H,17,18)(H,19,20)/t9-/m0/s1. The van der Waals surface area contributed by atoms with Gasteiger partial charge in [0.2, 0.25) is 5.91 Å². The molecule has 0 bridgehead atoms. The predicted octanol–water partition coefficient (Wildman–Crippen LogP) is 2.59. The van der Waals surface area contributed by atoms with Crippen LogP contribution in [0.4, 0.5) is 5.69 Å². The second-order valence-corrected chi connectivity index (χ2v) is 5.92. The van der Waals surface area contributed by atoms with Crippen molar-refractivity contribution in [3.8, 4) is 0 Å². The molecule has 0 saturated heterocycles. The van der Waals surface area contributed by atoms with E-state index in [-0.39, 0.29) is 10.8 Å². The largest absolute Gasteiger partial charge is 0.481 e. The van der Waals surface area contributed by atoms with E-state index >= 15 is 0 Å². The quantitative estimate of drug-likeness (QED) is 0.697. The Bertz CT molecular complexity index is 567. The van der Waals surface area contributed by atoms with E-state index in [9.17, 15) is 14.4 Å². The number of halogens is 2. The summed E-state index contributed by atoms with van der Waals surface area (Å²) < 4.78 is 0. The highest BCUT2D eigenvalue weighted by molar-refractivity contribution is 8.01. The fourth-order valence-corrected chi connectivity index (χ4v) is 2.45. The van der Waals surface area contributed by atoms with E-state index in [4.69, 9.17) is 33.4 Å². The van der Waals surface area contributed by atoms with Gasteiger partial charge in [0.05, 0.1) is 22.2 Å². The van der Waals surface area contributed by atoms with Crippen LogP contribution in [-0.4, -0.2) is 39.1 Å². The molecule has 0 aliphatic heterocycles. The molecule has 1 amide bonds. The number of nitrogens with one attached hydrogen (secondary N) is 1. The van der Waals surface area contributed by atoms with Gasteiger partial charge in [-0.2, -0.15) is 0 Å². The first kappa shape index (κ1) is 17.6. The van der Waals surface area contributed by atoms with Crippen molar-refractivity contribution in [3.05, 3.63) is 28.2 Å². The van der Waals surface area contributed by atoms with Crippen LogP contribution < -0.4 is 5.32 Å². The molecule has 21 heavy (non-hydrogen) atoms. The molecule has 0 fully saturated rings. The number of aliphatic carboxylic acids is 2. The number of rotatable bonds is 7. The normalized spacial score (nSPS) is 11.7. The molecule has 9 heteroatoms. The second-order valence-electron chi connectivity index (χ2n) is 3.91. The van der Waals surface area contributed by atoms with Crippen molar-refractivity contribution >= 4 is 58.5 Å². The molecule has 114 valence electrons. The minimum absolute atomic E-state index is 0.190. The average molecular weight is 352 g/mol. The molecule has 1 aromatic carbocycles. The van der Waals surface area contributed by atoms with Crippen LogP contribution in [0, 0.1) is 0 Å². The third-order valence-corrected chi connectivity index (χ3v) is 4.19. The van der Waals surface area contributed by atoms with Crippen LogP contribution >= 0.6 is 35.0 Å². The summed E-state index contributed by atoms with van der Waals surface area (Å²) in [7, 11) is 0. The molecular weight excluding hydrogens is 341 g/mol. The van der Waals surface area contributed by atoms with Gasteiger partial charge in [-0.1, -0.05) is 23.2 Å². The van der Waals surface area contributed by atoms with E-state index in [1.165, 1.54) is 12.1 Å². The maximum atomic E-state index is 11.7. The lowest BCUT2D eigenvalue weighted by Crippen LogP contribution is -2.23. The Morgan fingerprint density at radius 3 is 2.38 bits per heavy atom. The molecule has 0 radical (unpaired) electrons. The summed E-state index contributed by atoms with van der Waals surface area (Å²) in [5.41, 5.74) is 0.417. The van der Waals surface area contributed by atoms with E-state index in [1.807, 2.05) is 0 Å². The predicted molar refractivity (Wildman–Crippen MR) is 81.2 cm³/mol.